The molecule has 0 fully saturated rings. The smallest absolute Gasteiger partial charge is 0.340 e. The summed E-state index contributed by atoms with van der Waals surface area (Å²) in [5.41, 5.74) is 1.50. The lowest BCUT2D eigenvalue weighted by atomic mass is 10.1. The van der Waals surface area contributed by atoms with E-state index in [0.717, 1.165) is 16.5 Å². The number of hydrogen-bond donors (Lipinski definition) is 2. The van der Waals surface area contributed by atoms with Crippen LogP contribution in [0.5, 0.6) is 0 Å². The van der Waals surface area contributed by atoms with Crippen LogP contribution in [0.4, 0.5) is 5.69 Å². The number of para-hydroxylation sites is 1. The molecule has 1 heterocycles. The van der Waals surface area contributed by atoms with Crippen molar-refractivity contribution >= 4 is 23.5 Å². The molecule has 2 N–H and O–H groups in total. The summed E-state index contributed by atoms with van der Waals surface area (Å²) >= 11 is 0. The molecule has 2 rings (SSSR count). The number of nitrogens with one attached hydrogen (secondary N) is 1. The number of β-amino-alcohol motifs (C(OH)–C–C–N with tert-alkyl or cyclic N) is 1. The molecule has 0 saturated heterocycles. The van der Waals surface area contributed by atoms with Crippen molar-refractivity contribution in [3.63, 3.8) is 0 Å². The fourth-order valence-corrected chi connectivity index (χ4v) is 2.26. The summed E-state index contributed by atoms with van der Waals surface area (Å²) < 4.78 is 5.00. The van der Waals surface area contributed by atoms with Gasteiger partial charge in [0.15, 0.2) is 0 Å². The zero-order valence-corrected chi connectivity index (χ0v) is 13.0. The molecule has 0 aromatic heterocycles. The lowest BCUT2D eigenvalue weighted by Gasteiger charge is -2.16. The normalized spacial score (nSPS) is 14.0. The van der Waals surface area contributed by atoms with Crippen molar-refractivity contribution in [1.82, 2.24) is 4.90 Å². The van der Waals surface area contributed by atoms with Crippen LogP contribution in [-0.2, 0) is 14.3 Å². The molecule has 0 bridgehead atoms. The van der Waals surface area contributed by atoms with Gasteiger partial charge in [-0.15, -0.1) is 0 Å². The first-order chi connectivity index (χ1) is 11.0. The predicted molar refractivity (Wildman–Crippen MR) is 82.6 cm³/mol. The summed E-state index contributed by atoms with van der Waals surface area (Å²) in [7, 11) is 0. The molecule has 0 saturated carbocycles. The van der Waals surface area contributed by atoms with E-state index < -0.39 is 17.8 Å². The van der Waals surface area contributed by atoms with E-state index in [4.69, 9.17) is 9.84 Å². The number of anilines is 1. The van der Waals surface area contributed by atoms with Crippen LogP contribution in [0.25, 0.3) is 0 Å². The Balaban J connectivity index is 2.31. The van der Waals surface area contributed by atoms with E-state index in [1.54, 1.807) is 32.0 Å². The van der Waals surface area contributed by atoms with Crippen molar-refractivity contribution in [2.24, 2.45) is 0 Å². The number of carbonyl (C=O) groups excluding carboxylic acids is 3. The van der Waals surface area contributed by atoms with Crippen molar-refractivity contribution in [1.29, 1.82) is 0 Å². The number of aryl methyl sites for hydroxylation is 1. The van der Waals surface area contributed by atoms with Crippen LogP contribution in [-0.4, -0.2) is 47.5 Å². The van der Waals surface area contributed by atoms with Crippen molar-refractivity contribution in [2.45, 2.75) is 13.8 Å². The quantitative estimate of drug-likeness (QED) is 0.596. The highest BCUT2D eigenvalue weighted by atomic mass is 16.5. The molecule has 0 aliphatic carbocycles. The van der Waals surface area contributed by atoms with Crippen LogP contribution in [0.2, 0.25) is 0 Å². The first-order valence-corrected chi connectivity index (χ1v) is 7.21. The van der Waals surface area contributed by atoms with Crippen molar-refractivity contribution in [3.05, 3.63) is 41.1 Å². The number of imide groups is 1. The van der Waals surface area contributed by atoms with E-state index in [1.165, 1.54) is 0 Å². The fraction of sp³-hybridized carbons (Fsp3) is 0.312. The highest BCUT2D eigenvalue weighted by Crippen LogP contribution is 2.25. The molecule has 1 aromatic rings. The summed E-state index contributed by atoms with van der Waals surface area (Å²) in [5.74, 6) is -1.55. The maximum atomic E-state index is 12.2. The van der Waals surface area contributed by atoms with E-state index in [0.29, 0.717) is 5.69 Å². The summed E-state index contributed by atoms with van der Waals surface area (Å²) in [4.78, 5) is 36.9. The van der Waals surface area contributed by atoms with Crippen LogP contribution in [0.15, 0.2) is 30.0 Å². The monoisotopic (exact) mass is 318 g/mol. The Morgan fingerprint density at radius 2 is 2.09 bits per heavy atom. The largest absolute Gasteiger partial charge is 0.462 e. The lowest BCUT2D eigenvalue weighted by Crippen LogP contribution is -2.34. The van der Waals surface area contributed by atoms with Crippen molar-refractivity contribution < 1.29 is 24.2 Å². The van der Waals surface area contributed by atoms with E-state index in [2.05, 4.69) is 5.32 Å². The molecule has 7 heteroatoms. The van der Waals surface area contributed by atoms with Crippen molar-refractivity contribution in [2.75, 3.05) is 25.1 Å². The molecule has 0 unspecified atom stereocenters. The molecular formula is C16H18N2O5. The Kier molecular flexibility index (Phi) is 5.13. The summed E-state index contributed by atoms with van der Waals surface area (Å²) in [5, 5.41) is 11.8. The van der Waals surface area contributed by atoms with Gasteiger partial charge < -0.3 is 15.2 Å². The minimum absolute atomic E-state index is 0.0586. The van der Waals surface area contributed by atoms with Crippen LogP contribution >= 0.6 is 0 Å². The molecule has 2 amide bonds. The minimum atomic E-state index is -0.540. The summed E-state index contributed by atoms with van der Waals surface area (Å²) in [6.45, 7) is 3.33. The highest BCUT2D eigenvalue weighted by molar-refractivity contribution is 6.17. The van der Waals surface area contributed by atoms with Gasteiger partial charge in [0.1, 0.15) is 5.70 Å². The van der Waals surface area contributed by atoms with Crippen LogP contribution in [0.1, 0.15) is 22.8 Å². The third-order valence-corrected chi connectivity index (χ3v) is 3.36. The number of nitrogens with zero attached hydrogens (tertiary/aromatic N) is 1. The van der Waals surface area contributed by atoms with Gasteiger partial charge in [0.05, 0.1) is 31.0 Å². The van der Waals surface area contributed by atoms with Gasteiger partial charge in [-0.1, -0.05) is 12.1 Å². The second-order valence-corrected chi connectivity index (χ2v) is 4.92. The number of benzene rings is 1. The third-order valence-electron chi connectivity index (χ3n) is 3.36. The van der Waals surface area contributed by atoms with Gasteiger partial charge >= 0.3 is 5.97 Å². The zero-order chi connectivity index (χ0) is 17.0. The molecule has 1 aliphatic heterocycles. The number of carbonyl (C=O) groups is 3. The number of hydrogen-bond acceptors (Lipinski definition) is 6. The molecule has 1 aliphatic rings. The van der Waals surface area contributed by atoms with Gasteiger partial charge in [-0.2, -0.15) is 0 Å². The van der Waals surface area contributed by atoms with Gasteiger partial charge in [0.2, 0.25) is 0 Å². The maximum absolute atomic E-state index is 12.2. The standard InChI is InChI=1S/C16H18N2O5/c1-3-23-16(22)11-6-4-5-10(2)14(11)17-12-9-13(20)18(7-8-19)15(12)21/h4-6,9,17,19H,3,7-8H2,1-2H3. The number of rotatable bonds is 6. The average Bonchev–Trinajstić information content (AvgIpc) is 2.77. The van der Waals surface area contributed by atoms with Gasteiger partial charge in [-0.25, -0.2) is 4.79 Å². The fourth-order valence-electron chi connectivity index (χ4n) is 2.26. The molecule has 0 radical (unpaired) electrons. The van der Waals surface area contributed by atoms with Crippen LogP contribution < -0.4 is 5.32 Å². The summed E-state index contributed by atoms with van der Waals surface area (Å²) in [6.07, 6.45) is 1.15. The Bertz CT molecular complexity index is 681. The van der Waals surface area contributed by atoms with Crippen molar-refractivity contribution in [3.8, 4) is 0 Å². The van der Waals surface area contributed by atoms with E-state index in [-0.39, 0.29) is 31.0 Å². The topological polar surface area (TPSA) is 95.9 Å². The number of aliphatic hydroxyl groups excluding tert-OH is 1. The van der Waals surface area contributed by atoms with Gasteiger partial charge in [0, 0.05) is 6.08 Å². The number of aliphatic hydroxyl groups is 1. The van der Waals surface area contributed by atoms with Crippen LogP contribution in [0.3, 0.4) is 0 Å². The highest BCUT2D eigenvalue weighted by Gasteiger charge is 2.31. The van der Waals surface area contributed by atoms with E-state index >= 15 is 0 Å². The molecule has 1 aromatic carbocycles. The van der Waals surface area contributed by atoms with Gasteiger partial charge in [-0.3, -0.25) is 14.5 Å². The Labute approximate surface area is 133 Å². The third kappa shape index (κ3) is 3.40. The lowest BCUT2D eigenvalue weighted by molar-refractivity contribution is -0.137. The second-order valence-electron chi connectivity index (χ2n) is 4.92. The van der Waals surface area contributed by atoms with Gasteiger partial charge in [-0.05, 0) is 25.5 Å². The first kappa shape index (κ1) is 16.7. The second kappa shape index (κ2) is 7.06. The molecule has 122 valence electrons. The maximum Gasteiger partial charge on any atom is 0.340 e. The number of amides is 2. The summed E-state index contributed by atoms with van der Waals surface area (Å²) in [6, 6.07) is 5.07. The molecule has 0 atom stereocenters. The molecule has 23 heavy (non-hydrogen) atoms. The minimum Gasteiger partial charge on any atom is -0.462 e. The Morgan fingerprint density at radius 1 is 1.35 bits per heavy atom. The molecule has 7 nitrogen and oxygen atoms in total. The Morgan fingerprint density at radius 3 is 2.74 bits per heavy atom. The zero-order valence-electron chi connectivity index (χ0n) is 13.0. The Hall–Kier alpha value is -2.67. The van der Waals surface area contributed by atoms with E-state index in [9.17, 15) is 14.4 Å². The van der Waals surface area contributed by atoms with Crippen LogP contribution in [0, 0.1) is 6.92 Å². The number of ether oxygens (including phenoxy) is 1. The molecular weight excluding hydrogens is 300 g/mol. The first-order valence-electron chi connectivity index (χ1n) is 7.21. The average molecular weight is 318 g/mol. The van der Waals surface area contributed by atoms with E-state index in [1.807, 2.05) is 0 Å². The predicted octanol–water partition coefficient (Wildman–Crippen LogP) is 0.829. The SMILES string of the molecule is CCOC(=O)c1cccc(C)c1NC1=CC(=O)N(CCO)C1=O. The molecule has 0 spiro atoms. The van der Waals surface area contributed by atoms with Gasteiger partial charge in [0.25, 0.3) is 11.8 Å². The number of esters is 1.